The molecular weight excluding hydrogens is 264 g/mol. The highest BCUT2D eigenvalue weighted by Gasteiger charge is 2.14. The van der Waals surface area contributed by atoms with Gasteiger partial charge in [-0.1, -0.05) is 42.5 Å². The van der Waals surface area contributed by atoms with E-state index < -0.39 is 0 Å². The standard InChI is InChI=1S/C17H14N2S/c1-4-8-15-12(5-1)11-16(20-15)13-6-2-3-7-14(13)17-18-9-10-19-17/h1-8,11H,9-10H2,(H,18,19). The first kappa shape index (κ1) is 11.7. The van der Waals surface area contributed by atoms with Gasteiger partial charge in [-0.15, -0.1) is 11.3 Å². The molecule has 2 nitrogen and oxygen atoms in total. The molecule has 0 amide bonds. The van der Waals surface area contributed by atoms with Gasteiger partial charge in [0.1, 0.15) is 5.84 Å². The zero-order chi connectivity index (χ0) is 13.4. The van der Waals surface area contributed by atoms with Gasteiger partial charge in [-0.2, -0.15) is 0 Å². The van der Waals surface area contributed by atoms with E-state index in [2.05, 4.69) is 64.9 Å². The molecule has 0 unspecified atom stereocenters. The third-order valence-electron chi connectivity index (χ3n) is 3.55. The molecule has 2 aromatic carbocycles. The van der Waals surface area contributed by atoms with E-state index in [1.54, 1.807) is 0 Å². The number of fused-ring (bicyclic) bond motifs is 1. The van der Waals surface area contributed by atoms with Crippen molar-refractivity contribution in [2.75, 3.05) is 13.1 Å². The van der Waals surface area contributed by atoms with Crippen molar-refractivity contribution < 1.29 is 0 Å². The highest BCUT2D eigenvalue weighted by Crippen LogP contribution is 2.35. The number of benzene rings is 2. The lowest BCUT2D eigenvalue weighted by Gasteiger charge is -2.08. The van der Waals surface area contributed by atoms with Crippen molar-refractivity contribution in [3.8, 4) is 10.4 Å². The second kappa shape index (κ2) is 4.76. The monoisotopic (exact) mass is 278 g/mol. The van der Waals surface area contributed by atoms with Crippen LogP contribution in [0, 0.1) is 0 Å². The first-order valence-corrected chi connectivity index (χ1v) is 7.60. The molecule has 3 aromatic rings. The fourth-order valence-corrected chi connectivity index (χ4v) is 3.70. The largest absolute Gasteiger partial charge is 0.368 e. The molecule has 1 aliphatic rings. The molecule has 1 aromatic heterocycles. The summed E-state index contributed by atoms with van der Waals surface area (Å²) in [6.07, 6.45) is 0. The number of aliphatic imine (C=N–C) groups is 1. The molecule has 20 heavy (non-hydrogen) atoms. The van der Waals surface area contributed by atoms with Crippen molar-refractivity contribution in [3.05, 3.63) is 60.2 Å². The number of hydrogen-bond donors (Lipinski definition) is 1. The van der Waals surface area contributed by atoms with Crippen LogP contribution in [0.4, 0.5) is 0 Å². The Morgan fingerprint density at radius 1 is 0.950 bits per heavy atom. The summed E-state index contributed by atoms with van der Waals surface area (Å²) in [5, 5.41) is 4.68. The second-order valence-electron chi connectivity index (χ2n) is 4.85. The Bertz CT molecular complexity index is 768. The van der Waals surface area contributed by atoms with Crippen molar-refractivity contribution in [1.29, 1.82) is 0 Å². The fourth-order valence-electron chi connectivity index (χ4n) is 2.60. The highest BCUT2D eigenvalue weighted by molar-refractivity contribution is 7.22. The molecule has 0 radical (unpaired) electrons. The molecule has 3 heteroatoms. The van der Waals surface area contributed by atoms with Gasteiger partial charge in [-0.3, -0.25) is 4.99 Å². The normalized spacial score (nSPS) is 14.3. The van der Waals surface area contributed by atoms with Gasteiger partial charge in [0.15, 0.2) is 0 Å². The van der Waals surface area contributed by atoms with E-state index in [0.717, 1.165) is 18.9 Å². The van der Waals surface area contributed by atoms with Crippen LogP contribution in [-0.2, 0) is 0 Å². The van der Waals surface area contributed by atoms with Crippen LogP contribution < -0.4 is 5.32 Å². The molecule has 0 fully saturated rings. The van der Waals surface area contributed by atoms with E-state index in [4.69, 9.17) is 0 Å². The van der Waals surface area contributed by atoms with Crippen LogP contribution in [0.25, 0.3) is 20.5 Å². The number of rotatable bonds is 2. The summed E-state index contributed by atoms with van der Waals surface area (Å²) >= 11 is 1.84. The molecule has 4 rings (SSSR count). The van der Waals surface area contributed by atoms with E-state index >= 15 is 0 Å². The van der Waals surface area contributed by atoms with E-state index in [-0.39, 0.29) is 0 Å². The fraction of sp³-hybridized carbons (Fsp3) is 0.118. The van der Waals surface area contributed by atoms with Crippen molar-refractivity contribution in [1.82, 2.24) is 5.32 Å². The number of nitrogens with zero attached hydrogens (tertiary/aromatic N) is 1. The zero-order valence-electron chi connectivity index (χ0n) is 11.0. The van der Waals surface area contributed by atoms with Crippen molar-refractivity contribution >= 4 is 27.3 Å². The summed E-state index contributed by atoms with van der Waals surface area (Å²) in [4.78, 5) is 5.86. The minimum atomic E-state index is 0.871. The summed E-state index contributed by atoms with van der Waals surface area (Å²) in [7, 11) is 0. The maximum Gasteiger partial charge on any atom is 0.129 e. The van der Waals surface area contributed by atoms with Crippen LogP contribution in [0.3, 0.4) is 0 Å². The van der Waals surface area contributed by atoms with Gasteiger partial charge in [0, 0.05) is 27.2 Å². The van der Waals surface area contributed by atoms with Crippen molar-refractivity contribution in [3.63, 3.8) is 0 Å². The smallest absolute Gasteiger partial charge is 0.129 e. The molecule has 1 N–H and O–H groups in total. The molecule has 0 bridgehead atoms. The predicted octanol–water partition coefficient (Wildman–Crippen LogP) is 3.92. The average molecular weight is 278 g/mol. The van der Waals surface area contributed by atoms with Gasteiger partial charge in [-0.05, 0) is 17.5 Å². The Morgan fingerprint density at radius 2 is 1.75 bits per heavy atom. The van der Waals surface area contributed by atoms with Crippen LogP contribution in [0.2, 0.25) is 0 Å². The first-order chi connectivity index (χ1) is 9.92. The molecule has 0 saturated heterocycles. The molecule has 0 saturated carbocycles. The van der Waals surface area contributed by atoms with Crippen LogP contribution in [0.1, 0.15) is 5.56 Å². The quantitative estimate of drug-likeness (QED) is 0.755. The molecular formula is C17H14N2S. The van der Waals surface area contributed by atoms with E-state index in [9.17, 15) is 0 Å². The van der Waals surface area contributed by atoms with Gasteiger partial charge in [0.05, 0.1) is 6.54 Å². The van der Waals surface area contributed by atoms with Gasteiger partial charge >= 0.3 is 0 Å². The Balaban J connectivity index is 1.89. The minimum absolute atomic E-state index is 0.871. The predicted molar refractivity (Wildman–Crippen MR) is 86.7 cm³/mol. The topological polar surface area (TPSA) is 24.4 Å². The van der Waals surface area contributed by atoms with Crippen LogP contribution in [0.5, 0.6) is 0 Å². The zero-order valence-corrected chi connectivity index (χ0v) is 11.8. The molecule has 0 atom stereocenters. The summed E-state index contributed by atoms with van der Waals surface area (Å²) in [5.74, 6) is 1.03. The summed E-state index contributed by atoms with van der Waals surface area (Å²) < 4.78 is 1.33. The molecule has 98 valence electrons. The lowest BCUT2D eigenvalue weighted by Crippen LogP contribution is -2.20. The minimum Gasteiger partial charge on any atom is -0.368 e. The van der Waals surface area contributed by atoms with Crippen LogP contribution in [0.15, 0.2) is 59.6 Å². The van der Waals surface area contributed by atoms with Crippen LogP contribution >= 0.6 is 11.3 Å². The van der Waals surface area contributed by atoms with E-state index in [1.165, 1.54) is 26.1 Å². The first-order valence-electron chi connectivity index (χ1n) is 6.78. The highest BCUT2D eigenvalue weighted by atomic mass is 32.1. The Hall–Kier alpha value is -2.13. The van der Waals surface area contributed by atoms with Gasteiger partial charge < -0.3 is 5.32 Å². The maximum absolute atomic E-state index is 4.56. The third kappa shape index (κ3) is 1.91. The number of amidine groups is 1. The Kier molecular flexibility index (Phi) is 2.78. The average Bonchev–Trinajstić information content (AvgIpc) is 3.16. The number of hydrogen-bond acceptors (Lipinski definition) is 3. The Labute approximate surface area is 121 Å². The van der Waals surface area contributed by atoms with Gasteiger partial charge in [-0.25, -0.2) is 0 Å². The van der Waals surface area contributed by atoms with Crippen molar-refractivity contribution in [2.45, 2.75) is 0 Å². The summed E-state index contributed by atoms with van der Waals surface area (Å²) in [6.45, 7) is 1.81. The van der Waals surface area contributed by atoms with Gasteiger partial charge in [0.2, 0.25) is 0 Å². The molecule has 2 heterocycles. The summed E-state index contributed by atoms with van der Waals surface area (Å²) in [5.41, 5.74) is 2.47. The van der Waals surface area contributed by atoms with Crippen molar-refractivity contribution in [2.24, 2.45) is 4.99 Å². The molecule has 0 spiro atoms. The number of thiophene rings is 1. The number of nitrogens with one attached hydrogen (secondary N) is 1. The van der Waals surface area contributed by atoms with E-state index in [0.29, 0.717) is 0 Å². The van der Waals surface area contributed by atoms with E-state index in [1.807, 2.05) is 11.3 Å². The maximum atomic E-state index is 4.56. The SMILES string of the molecule is c1ccc(-c2cc3ccccc3s2)c(C2=NCCN2)c1. The summed E-state index contributed by atoms with van der Waals surface area (Å²) in [6, 6.07) is 19.3. The third-order valence-corrected chi connectivity index (χ3v) is 4.70. The molecule has 0 aliphatic carbocycles. The lowest BCUT2D eigenvalue weighted by atomic mass is 10.0. The Morgan fingerprint density at radius 3 is 2.55 bits per heavy atom. The molecule has 1 aliphatic heterocycles. The van der Waals surface area contributed by atoms with Crippen LogP contribution in [-0.4, -0.2) is 18.9 Å². The lowest BCUT2D eigenvalue weighted by molar-refractivity contribution is 0.960. The second-order valence-corrected chi connectivity index (χ2v) is 5.93. The van der Waals surface area contributed by atoms with Gasteiger partial charge in [0.25, 0.3) is 0 Å².